The maximum atomic E-state index is 2.66. The third kappa shape index (κ3) is 4.49. The van der Waals surface area contributed by atoms with Crippen LogP contribution in [0.1, 0.15) is 50.7 Å². The summed E-state index contributed by atoms with van der Waals surface area (Å²) in [6, 6.07) is 62.1. The minimum Gasteiger partial charge on any atom is -0.310 e. The average Bonchev–Trinajstić information content (AvgIpc) is 3.77. The topological polar surface area (TPSA) is 9.86 Å². The van der Waals surface area contributed by atoms with E-state index in [0.29, 0.717) is 11.8 Å². The Morgan fingerprint density at radius 3 is 1.74 bits per heavy atom. The van der Waals surface area contributed by atoms with Gasteiger partial charge in [-0.15, -0.1) is 0 Å². The van der Waals surface area contributed by atoms with Gasteiger partial charge < -0.3 is 9.13 Å². The highest BCUT2D eigenvalue weighted by atomic mass is 15.0. The Morgan fingerprint density at radius 2 is 1.04 bits per heavy atom. The van der Waals surface area contributed by atoms with Crippen LogP contribution < -0.4 is 16.4 Å². The number of hydrogen-bond donors (Lipinski definition) is 0. The Morgan fingerprint density at radius 1 is 0.421 bits per heavy atom. The normalized spacial score (nSPS) is 12.8. The zero-order chi connectivity index (χ0) is 38.1. The van der Waals surface area contributed by atoms with Crippen molar-refractivity contribution in [2.24, 2.45) is 0 Å². The molecule has 8 aromatic carbocycles. The van der Waals surface area contributed by atoms with Gasteiger partial charge in [0, 0.05) is 38.6 Å². The van der Waals surface area contributed by atoms with Crippen LogP contribution in [0.4, 0.5) is 0 Å². The fraction of sp³-hybridized carbons (Fsp3) is 0.111. The Hall–Kier alpha value is -6.58. The van der Waals surface area contributed by atoms with E-state index in [1.807, 2.05) is 0 Å². The highest BCUT2D eigenvalue weighted by molar-refractivity contribution is 7.01. The van der Waals surface area contributed by atoms with Crippen molar-refractivity contribution >= 4 is 66.6 Å². The molecule has 2 aromatic heterocycles. The molecule has 3 heteroatoms. The van der Waals surface area contributed by atoms with Crippen molar-refractivity contribution in [2.75, 3.05) is 0 Å². The zero-order valence-corrected chi connectivity index (χ0v) is 32.7. The molecule has 12 rings (SSSR count). The number of benzene rings is 8. The number of aromatic nitrogens is 2. The van der Waals surface area contributed by atoms with Crippen LogP contribution in [0.15, 0.2) is 164 Å². The molecule has 0 spiro atoms. The van der Waals surface area contributed by atoms with Gasteiger partial charge in [0.1, 0.15) is 0 Å². The summed E-state index contributed by atoms with van der Waals surface area (Å²) in [4.78, 5) is 0. The molecule has 0 fully saturated rings. The molecule has 2 nitrogen and oxygen atoms in total. The third-order valence-electron chi connectivity index (χ3n) is 13.0. The first-order chi connectivity index (χ1) is 28.0. The van der Waals surface area contributed by atoms with Crippen molar-refractivity contribution in [1.82, 2.24) is 9.13 Å². The smallest absolute Gasteiger partial charge is 0.253 e. The van der Waals surface area contributed by atoms with Crippen molar-refractivity contribution in [3.05, 3.63) is 175 Å². The van der Waals surface area contributed by atoms with Gasteiger partial charge in [-0.3, -0.25) is 0 Å². The van der Waals surface area contributed by atoms with Crippen LogP contribution in [0.5, 0.6) is 0 Å². The summed E-state index contributed by atoms with van der Waals surface area (Å²) in [5.41, 5.74) is 20.9. The lowest BCUT2D eigenvalue weighted by molar-refractivity contribution is 0.868. The van der Waals surface area contributed by atoms with Crippen LogP contribution in [-0.2, 0) is 0 Å². The van der Waals surface area contributed by atoms with Crippen LogP contribution in [0, 0.1) is 0 Å². The van der Waals surface area contributed by atoms with Gasteiger partial charge in [0.2, 0.25) is 0 Å². The van der Waals surface area contributed by atoms with Gasteiger partial charge in [0.05, 0.1) is 16.7 Å². The number of fused-ring (bicyclic) bond motifs is 9. The van der Waals surface area contributed by atoms with E-state index < -0.39 is 0 Å². The van der Waals surface area contributed by atoms with E-state index in [9.17, 15) is 0 Å². The Bertz CT molecular complexity index is 3280. The third-order valence-corrected chi connectivity index (χ3v) is 13.0. The van der Waals surface area contributed by atoms with E-state index in [1.165, 1.54) is 116 Å². The van der Waals surface area contributed by atoms with Gasteiger partial charge in [0.25, 0.3) is 6.71 Å². The van der Waals surface area contributed by atoms with Crippen molar-refractivity contribution in [1.29, 1.82) is 0 Å². The largest absolute Gasteiger partial charge is 0.310 e. The second-order valence-corrected chi connectivity index (χ2v) is 16.9. The molecule has 0 N–H and O–H groups in total. The van der Waals surface area contributed by atoms with Crippen LogP contribution in [0.25, 0.3) is 88.4 Å². The lowest BCUT2D eigenvalue weighted by Gasteiger charge is -2.35. The van der Waals surface area contributed by atoms with E-state index in [-0.39, 0.29) is 6.71 Å². The molecule has 0 unspecified atom stereocenters. The van der Waals surface area contributed by atoms with E-state index >= 15 is 0 Å². The SMILES string of the molecule is CC(C)c1ccc2c(c1)c1cc(C(C)C)cc3c1n2-c1cc(-c2ccccc2)cc2c1B3c1c3ccccc3cc3c(-c4ccccc4)c(-c4ccccc4)n-2c13. The summed E-state index contributed by atoms with van der Waals surface area (Å²) in [5.74, 6) is 0.821. The molecule has 2 aliphatic rings. The first-order valence-corrected chi connectivity index (χ1v) is 20.5. The highest BCUT2D eigenvalue weighted by Crippen LogP contribution is 2.47. The summed E-state index contributed by atoms with van der Waals surface area (Å²) >= 11 is 0. The summed E-state index contributed by atoms with van der Waals surface area (Å²) in [6.45, 7) is 9.35. The van der Waals surface area contributed by atoms with Crippen molar-refractivity contribution in [2.45, 2.75) is 39.5 Å². The summed E-state index contributed by atoms with van der Waals surface area (Å²) in [5, 5.41) is 6.61. The molecular formula is C54H41BN2. The van der Waals surface area contributed by atoms with Crippen molar-refractivity contribution < 1.29 is 0 Å². The molecule has 0 aliphatic carbocycles. The summed E-state index contributed by atoms with van der Waals surface area (Å²) in [7, 11) is 0. The summed E-state index contributed by atoms with van der Waals surface area (Å²) in [6.07, 6.45) is 0. The Kier molecular flexibility index (Phi) is 6.85. The zero-order valence-electron chi connectivity index (χ0n) is 32.7. The minimum absolute atomic E-state index is 0.0330. The van der Waals surface area contributed by atoms with Crippen LogP contribution in [0.2, 0.25) is 0 Å². The molecule has 10 aromatic rings. The van der Waals surface area contributed by atoms with Gasteiger partial charge >= 0.3 is 0 Å². The van der Waals surface area contributed by atoms with Gasteiger partial charge in [0.15, 0.2) is 0 Å². The second kappa shape index (κ2) is 12.0. The fourth-order valence-corrected chi connectivity index (χ4v) is 10.4. The minimum atomic E-state index is 0.0330. The molecule has 270 valence electrons. The van der Waals surface area contributed by atoms with Crippen LogP contribution in [-0.4, -0.2) is 15.8 Å². The predicted octanol–water partition coefficient (Wildman–Crippen LogP) is 12.3. The van der Waals surface area contributed by atoms with E-state index in [4.69, 9.17) is 0 Å². The first-order valence-electron chi connectivity index (χ1n) is 20.5. The monoisotopic (exact) mass is 728 g/mol. The van der Waals surface area contributed by atoms with Gasteiger partial charge in [-0.25, -0.2) is 0 Å². The number of nitrogens with zero attached hydrogens (tertiary/aromatic N) is 2. The van der Waals surface area contributed by atoms with E-state index in [1.54, 1.807) is 0 Å². The molecule has 0 bridgehead atoms. The van der Waals surface area contributed by atoms with E-state index in [0.717, 1.165) is 0 Å². The van der Waals surface area contributed by atoms with E-state index in [2.05, 4.69) is 201 Å². The van der Waals surface area contributed by atoms with Crippen LogP contribution >= 0.6 is 0 Å². The quantitative estimate of drug-likeness (QED) is 0.156. The molecule has 57 heavy (non-hydrogen) atoms. The van der Waals surface area contributed by atoms with Crippen LogP contribution in [0.3, 0.4) is 0 Å². The molecule has 0 saturated heterocycles. The van der Waals surface area contributed by atoms with Crippen molar-refractivity contribution in [3.63, 3.8) is 0 Å². The Labute approximate surface area is 333 Å². The maximum absolute atomic E-state index is 2.66. The first kappa shape index (κ1) is 32.6. The molecule has 0 amide bonds. The van der Waals surface area contributed by atoms with Gasteiger partial charge in [-0.05, 0) is 109 Å². The molecular weight excluding hydrogens is 687 g/mol. The molecule has 0 radical (unpaired) electrons. The lowest BCUT2D eigenvalue weighted by Crippen LogP contribution is -2.59. The molecule has 4 heterocycles. The highest BCUT2D eigenvalue weighted by Gasteiger charge is 2.43. The average molecular weight is 729 g/mol. The Balaban J connectivity index is 1.36. The molecule has 2 aliphatic heterocycles. The van der Waals surface area contributed by atoms with Crippen molar-refractivity contribution in [3.8, 4) is 44.9 Å². The number of hydrogen-bond acceptors (Lipinski definition) is 0. The maximum Gasteiger partial charge on any atom is 0.253 e. The molecule has 0 atom stereocenters. The standard InChI is InChI=1S/C54H41BN2/c1-32(2)37-24-25-46-42(26-37)43-28-39(33(3)4)29-45-53(43)56(46)47-30-40(34-16-8-5-9-17-34)31-48-51(47)55(45)50-41-23-15-14-22-38(41)27-44-49(35-18-10-6-11-19-35)52(57(48)54(44)50)36-20-12-7-13-21-36/h5-33H,1-4H3. The number of rotatable bonds is 5. The fourth-order valence-electron chi connectivity index (χ4n) is 10.4. The summed E-state index contributed by atoms with van der Waals surface area (Å²) < 4.78 is 5.29. The lowest BCUT2D eigenvalue weighted by atomic mass is 9.33. The van der Waals surface area contributed by atoms with Gasteiger partial charge in [-0.1, -0.05) is 155 Å². The van der Waals surface area contributed by atoms with Gasteiger partial charge in [-0.2, -0.15) is 0 Å². The second-order valence-electron chi connectivity index (χ2n) is 16.9. The molecule has 0 saturated carbocycles. The predicted molar refractivity (Wildman–Crippen MR) is 244 cm³/mol.